The third-order valence-electron chi connectivity index (χ3n) is 3.80. The average molecular weight is 310 g/mol. The Morgan fingerprint density at radius 2 is 1.77 bits per heavy atom. The van der Waals surface area contributed by atoms with Crippen molar-refractivity contribution >= 4 is 23.3 Å². The zero-order valence-electron chi connectivity index (χ0n) is 12.7. The van der Waals surface area contributed by atoms with E-state index in [1.54, 1.807) is 11.8 Å². The summed E-state index contributed by atoms with van der Waals surface area (Å²) in [5.41, 5.74) is 3.37. The molecule has 0 bridgehead atoms. The zero-order valence-corrected chi connectivity index (χ0v) is 13.5. The molecule has 0 saturated heterocycles. The molecule has 0 amide bonds. The quantitative estimate of drug-likeness (QED) is 0.754. The first-order valence-corrected chi connectivity index (χ1v) is 8.23. The first-order chi connectivity index (χ1) is 10.7. The average Bonchev–Trinajstić information content (AvgIpc) is 2.82. The highest BCUT2D eigenvalue weighted by atomic mass is 32.2. The molecule has 2 aromatic rings. The van der Waals surface area contributed by atoms with Gasteiger partial charge in [0.2, 0.25) is 0 Å². The number of hydrogen-bond acceptors (Lipinski definition) is 3. The molecule has 0 aliphatic heterocycles. The number of benzene rings is 2. The van der Waals surface area contributed by atoms with Gasteiger partial charge < -0.3 is 4.74 Å². The minimum absolute atomic E-state index is 0.162. The Balaban J connectivity index is 2.02. The molecule has 1 aliphatic carbocycles. The van der Waals surface area contributed by atoms with Crippen LogP contribution in [0.2, 0.25) is 0 Å². The van der Waals surface area contributed by atoms with Crippen molar-refractivity contribution in [2.24, 2.45) is 0 Å². The number of ether oxygens (including phenoxy) is 1. The Hall–Kier alpha value is -2.00. The van der Waals surface area contributed by atoms with Crippen molar-refractivity contribution in [3.63, 3.8) is 0 Å². The highest BCUT2D eigenvalue weighted by Crippen LogP contribution is 2.49. The Morgan fingerprint density at radius 3 is 2.50 bits per heavy atom. The largest absolute Gasteiger partial charge is 0.465 e. The third kappa shape index (κ3) is 2.69. The molecule has 0 aromatic heterocycles. The van der Waals surface area contributed by atoms with E-state index in [0.717, 1.165) is 20.9 Å². The number of carbonyl (C=O) groups excluding carboxylic acids is 1. The molecule has 112 valence electrons. The molecule has 3 rings (SSSR count). The van der Waals surface area contributed by atoms with Crippen LogP contribution >= 0.6 is 11.8 Å². The Labute approximate surface area is 135 Å². The summed E-state index contributed by atoms with van der Waals surface area (Å²) >= 11 is 1.66. The maximum atomic E-state index is 12.5. The highest BCUT2D eigenvalue weighted by Gasteiger charge is 2.35. The van der Waals surface area contributed by atoms with Gasteiger partial charge >= 0.3 is 5.97 Å². The SMILES string of the molecule is CCOC(=O)C1C(Sc2ccccc2)=C(C)c2ccccc21. The summed E-state index contributed by atoms with van der Waals surface area (Å²) in [4.78, 5) is 14.7. The fraction of sp³-hybridized carbons (Fsp3) is 0.211. The summed E-state index contributed by atoms with van der Waals surface area (Å²) < 4.78 is 5.31. The first kappa shape index (κ1) is 14.9. The molecule has 2 aromatic carbocycles. The number of carbonyl (C=O) groups is 1. The number of fused-ring (bicyclic) bond motifs is 1. The van der Waals surface area contributed by atoms with Crippen LogP contribution in [-0.4, -0.2) is 12.6 Å². The molecular formula is C19H18O2S. The van der Waals surface area contributed by atoms with E-state index in [2.05, 4.69) is 25.1 Å². The van der Waals surface area contributed by atoms with E-state index in [0.29, 0.717) is 6.61 Å². The standard InChI is InChI=1S/C19H18O2S/c1-3-21-19(20)17-16-12-8-7-11-15(16)13(2)18(17)22-14-9-5-4-6-10-14/h4-12,17H,3H2,1-2H3. The normalized spacial score (nSPS) is 16.5. The Bertz CT molecular complexity index is 719. The fourth-order valence-electron chi connectivity index (χ4n) is 2.79. The Kier molecular flexibility index (Phi) is 4.34. The van der Waals surface area contributed by atoms with Gasteiger partial charge in [0.1, 0.15) is 5.92 Å². The molecule has 1 atom stereocenters. The molecule has 0 radical (unpaired) electrons. The van der Waals surface area contributed by atoms with Gasteiger partial charge in [-0.2, -0.15) is 0 Å². The smallest absolute Gasteiger partial charge is 0.318 e. The summed E-state index contributed by atoms with van der Waals surface area (Å²) in [7, 11) is 0. The highest BCUT2D eigenvalue weighted by molar-refractivity contribution is 8.03. The van der Waals surface area contributed by atoms with Crippen molar-refractivity contribution in [3.05, 3.63) is 70.6 Å². The fourth-order valence-corrected chi connectivity index (χ4v) is 3.94. The van der Waals surface area contributed by atoms with E-state index in [1.807, 2.05) is 43.3 Å². The molecule has 0 N–H and O–H groups in total. The molecule has 0 spiro atoms. The molecule has 22 heavy (non-hydrogen) atoms. The van der Waals surface area contributed by atoms with Crippen LogP contribution in [0.15, 0.2) is 64.4 Å². The van der Waals surface area contributed by atoms with Crippen molar-refractivity contribution in [1.29, 1.82) is 0 Å². The van der Waals surface area contributed by atoms with Crippen molar-refractivity contribution < 1.29 is 9.53 Å². The maximum Gasteiger partial charge on any atom is 0.318 e. The second-order valence-corrected chi connectivity index (χ2v) is 6.29. The maximum absolute atomic E-state index is 12.5. The molecule has 0 saturated carbocycles. The van der Waals surface area contributed by atoms with E-state index in [-0.39, 0.29) is 11.9 Å². The topological polar surface area (TPSA) is 26.3 Å². The van der Waals surface area contributed by atoms with Gasteiger partial charge in [-0.1, -0.05) is 54.2 Å². The lowest BCUT2D eigenvalue weighted by molar-refractivity contribution is -0.143. The summed E-state index contributed by atoms with van der Waals surface area (Å²) in [6, 6.07) is 18.3. The lowest BCUT2D eigenvalue weighted by Gasteiger charge is -2.15. The van der Waals surface area contributed by atoms with Crippen LogP contribution in [0.5, 0.6) is 0 Å². The van der Waals surface area contributed by atoms with Crippen LogP contribution in [0.1, 0.15) is 30.9 Å². The lowest BCUT2D eigenvalue weighted by atomic mass is 10.0. The van der Waals surface area contributed by atoms with E-state index in [1.165, 1.54) is 5.57 Å². The van der Waals surface area contributed by atoms with Gasteiger partial charge in [0.15, 0.2) is 0 Å². The van der Waals surface area contributed by atoms with E-state index in [9.17, 15) is 4.79 Å². The molecule has 0 heterocycles. The monoisotopic (exact) mass is 310 g/mol. The van der Waals surface area contributed by atoms with Crippen LogP contribution in [0.3, 0.4) is 0 Å². The molecule has 1 aliphatic rings. The second-order valence-electron chi connectivity index (χ2n) is 5.18. The van der Waals surface area contributed by atoms with Crippen LogP contribution in [0.25, 0.3) is 5.57 Å². The van der Waals surface area contributed by atoms with Crippen molar-refractivity contribution in [3.8, 4) is 0 Å². The van der Waals surface area contributed by atoms with Gasteiger partial charge in [-0.25, -0.2) is 0 Å². The minimum atomic E-state index is -0.304. The summed E-state index contributed by atoms with van der Waals surface area (Å²) in [5.74, 6) is -0.466. The van der Waals surface area contributed by atoms with Crippen molar-refractivity contribution in [1.82, 2.24) is 0 Å². The number of allylic oxidation sites excluding steroid dienone is 1. The number of esters is 1. The molecule has 1 unspecified atom stereocenters. The molecule has 2 nitrogen and oxygen atoms in total. The van der Waals surface area contributed by atoms with Crippen LogP contribution in [0, 0.1) is 0 Å². The van der Waals surface area contributed by atoms with Crippen molar-refractivity contribution in [2.75, 3.05) is 6.61 Å². The number of thioether (sulfide) groups is 1. The van der Waals surface area contributed by atoms with Gasteiger partial charge in [0.25, 0.3) is 0 Å². The number of rotatable bonds is 4. The van der Waals surface area contributed by atoms with Gasteiger partial charge in [-0.05, 0) is 42.7 Å². The predicted octanol–water partition coefficient (Wildman–Crippen LogP) is 4.87. The molecule has 0 fully saturated rings. The lowest BCUT2D eigenvalue weighted by Crippen LogP contribution is -2.15. The van der Waals surface area contributed by atoms with Gasteiger partial charge in [-0.15, -0.1) is 0 Å². The van der Waals surface area contributed by atoms with Gasteiger partial charge in [0, 0.05) is 9.80 Å². The molecule has 3 heteroatoms. The van der Waals surface area contributed by atoms with Crippen LogP contribution < -0.4 is 0 Å². The summed E-state index contributed by atoms with van der Waals surface area (Å²) in [6.07, 6.45) is 0. The third-order valence-corrected chi connectivity index (χ3v) is 5.07. The number of hydrogen-bond donors (Lipinski definition) is 0. The van der Waals surface area contributed by atoms with E-state index in [4.69, 9.17) is 4.74 Å². The zero-order chi connectivity index (χ0) is 15.5. The van der Waals surface area contributed by atoms with Crippen LogP contribution in [0.4, 0.5) is 0 Å². The summed E-state index contributed by atoms with van der Waals surface area (Å²) in [6.45, 7) is 4.34. The molecular weight excluding hydrogens is 292 g/mol. The second kappa shape index (κ2) is 6.41. The minimum Gasteiger partial charge on any atom is -0.465 e. The van der Waals surface area contributed by atoms with Crippen LogP contribution in [-0.2, 0) is 9.53 Å². The van der Waals surface area contributed by atoms with Gasteiger partial charge in [0.05, 0.1) is 6.61 Å². The van der Waals surface area contributed by atoms with Crippen molar-refractivity contribution in [2.45, 2.75) is 24.7 Å². The summed E-state index contributed by atoms with van der Waals surface area (Å²) in [5, 5.41) is 0. The Morgan fingerprint density at radius 1 is 1.09 bits per heavy atom. The van der Waals surface area contributed by atoms with Gasteiger partial charge in [-0.3, -0.25) is 4.79 Å². The first-order valence-electron chi connectivity index (χ1n) is 7.42. The predicted molar refractivity (Wildman–Crippen MR) is 90.7 cm³/mol. The van der Waals surface area contributed by atoms with E-state index < -0.39 is 0 Å². The van der Waals surface area contributed by atoms with E-state index >= 15 is 0 Å².